The second-order valence-electron chi connectivity index (χ2n) is 5.33. The van der Waals surface area contributed by atoms with Crippen molar-refractivity contribution in [2.45, 2.75) is 52.1 Å². The molecule has 1 fully saturated rings. The van der Waals surface area contributed by atoms with Crippen molar-refractivity contribution in [2.24, 2.45) is 5.41 Å². The lowest BCUT2D eigenvalue weighted by Crippen LogP contribution is -2.41. The molecular formula is C12H19NOS. The van der Waals surface area contributed by atoms with Crippen LogP contribution in [0.15, 0.2) is 5.38 Å². The molecule has 0 saturated heterocycles. The van der Waals surface area contributed by atoms with E-state index in [0.29, 0.717) is 0 Å². The number of thiazole rings is 1. The van der Waals surface area contributed by atoms with Gasteiger partial charge in [0.05, 0.1) is 10.6 Å². The molecule has 0 radical (unpaired) electrons. The first kappa shape index (κ1) is 11.1. The van der Waals surface area contributed by atoms with Crippen LogP contribution < -0.4 is 0 Å². The number of nitrogens with zero attached hydrogens (tertiary/aromatic N) is 1. The maximum absolute atomic E-state index is 10.6. The second-order valence-corrected chi connectivity index (χ2v) is 6.27. The van der Waals surface area contributed by atoms with Gasteiger partial charge in [0.15, 0.2) is 0 Å². The molecule has 3 heteroatoms. The summed E-state index contributed by atoms with van der Waals surface area (Å²) in [6, 6.07) is 0. The molecule has 15 heavy (non-hydrogen) atoms. The second kappa shape index (κ2) is 3.56. The van der Waals surface area contributed by atoms with Gasteiger partial charge in [0, 0.05) is 17.5 Å². The van der Waals surface area contributed by atoms with Crippen molar-refractivity contribution in [3.05, 3.63) is 16.1 Å². The Balaban J connectivity index is 2.17. The van der Waals surface area contributed by atoms with Crippen molar-refractivity contribution in [3.8, 4) is 0 Å². The highest BCUT2D eigenvalue weighted by Crippen LogP contribution is 2.47. The molecule has 0 spiro atoms. The summed E-state index contributed by atoms with van der Waals surface area (Å²) in [4.78, 5) is 4.44. The van der Waals surface area contributed by atoms with Gasteiger partial charge in [-0.05, 0) is 31.6 Å². The number of hydrogen-bond acceptors (Lipinski definition) is 3. The van der Waals surface area contributed by atoms with Crippen LogP contribution in [0.4, 0.5) is 0 Å². The highest BCUT2D eigenvalue weighted by Gasteiger charge is 2.47. The van der Waals surface area contributed by atoms with Crippen molar-refractivity contribution < 1.29 is 5.11 Å². The minimum atomic E-state index is -0.544. The Morgan fingerprint density at radius 3 is 2.67 bits per heavy atom. The van der Waals surface area contributed by atoms with Crippen LogP contribution >= 0.6 is 11.3 Å². The fourth-order valence-electron chi connectivity index (χ4n) is 2.46. The van der Waals surface area contributed by atoms with Crippen LogP contribution in [0.3, 0.4) is 0 Å². The molecule has 1 aromatic rings. The zero-order valence-electron chi connectivity index (χ0n) is 9.71. The summed E-state index contributed by atoms with van der Waals surface area (Å²) in [5.74, 6) is 0. The lowest BCUT2D eigenvalue weighted by Gasteiger charge is -2.36. The Morgan fingerprint density at radius 1 is 1.47 bits per heavy atom. The predicted octanol–water partition coefficient (Wildman–Crippen LogP) is 2.94. The smallest absolute Gasteiger partial charge is 0.0957 e. The summed E-state index contributed by atoms with van der Waals surface area (Å²) in [6.45, 7) is 6.34. The van der Waals surface area contributed by atoms with Crippen molar-refractivity contribution >= 4 is 11.3 Å². The van der Waals surface area contributed by atoms with Crippen LogP contribution in [-0.4, -0.2) is 15.7 Å². The molecule has 1 heterocycles. The maximum atomic E-state index is 10.6. The lowest BCUT2D eigenvalue weighted by atomic mass is 9.76. The van der Waals surface area contributed by atoms with Gasteiger partial charge in [-0.2, -0.15) is 0 Å². The highest BCUT2D eigenvalue weighted by molar-refractivity contribution is 7.09. The highest BCUT2D eigenvalue weighted by atomic mass is 32.1. The molecule has 1 N–H and O–H groups in total. The van der Waals surface area contributed by atoms with E-state index >= 15 is 0 Å². The fourth-order valence-corrected chi connectivity index (χ4v) is 3.33. The Kier molecular flexibility index (Phi) is 2.63. The molecule has 1 aliphatic rings. The predicted molar refractivity (Wildman–Crippen MR) is 63.1 cm³/mol. The van der Waals surface area contributed by atoms with E-state index < -0.39 is 5.60 Å². The third-order valence-corrected chi connectivity index (χ3v) is 4.73. The zero-order valence-corrected chi connectivity index (χ0v) is 10.5. The Labute approximate surface area is 95.4 Å². The topological polar surface area (TPSA) is 33.1 Å². The average molecular weight is 225 g/mol. The quantitative estimate of drug-likeness (QED) is 0.839. The molecule has 1 aliphatic carbocycles. The van der Waals surface area contributed by atoms with Crippen LogP contribution in [-0.2, 0) is 6.42 Å². The molecule has 0 bridgehead atoms. The van der Waals surface area contributed by atoms with Gasteiger partial charge < -0.3 is 5.11 Å². The van der Waals surface area contributed by atoms with Crippen LogP contribution in [0, 0.1) is 12.3 Å². The monoisotopic (exact) mass is 225 g/mol. The SMILES string of the molecule is Cc1csc(CC2(O)CCCC2(C)C)n1. The van der Waals surface area contributed by atoms with E-state index in [0.717, 1.165) is 36.4 Å². The summed E-state index contributed by atoms with van der Waals surface area (Å²) in [5, 5.41) is 13.8. The minimum absolute atomic E-state index is 0.0343. The number of rotatable bonds is 2. The van der Waals surface area contributed by atoms with Gasteiger partial charge in [-0.1, -0.05) is 13.8 Å². The van der Waals surface area contributed by atoms with E-state index in [1.165, 1.54) is 0 Å². The molecule has 0 aromatic carbocycles. The first-order chi connectivity index (χ1) is 6.93. The third-order valence-electron chi connectivity index (χ3n) is 3.76. The molecule has 0 aliphatic heterocycles. The summed E-state index contributed by atoms with van der Waals surface area (Å²) >= 11 is 1.66. The van der Waals surface area contributed by atoms with Crippen molar-refractivity contribution in [1.29, 1.82) is 0 Å². The van der Waals surface area contributed by atoms with E-state index in [9.17, 15) is 5.11 Å². The summed E-state index contributed by atoms with van der Waals surface area (Å²) in [7, 11) is 0. The number of aryl methyl sites for hydroxylation is 1. The normalized spacial score (nSPS) is 29.6. The van der Waals surface area contributed by atoms with E-state index in [-0.39, 0.29) is 5.41 Å². The Bertz CT molecular complexity index is 358. The van der Waals surface area contributed by atoms with Crippen LogP contribution in [0.5, 0.6) is 0 Å². The summed E-state index contributed by atoms with van der Waals surface area (Å²) < 4.78 is 0. The van der Waals surface area contributed by atoms with Gasteiger partial charge >= 0.3 is 0 Å². The van der Waals surface area contributed by atoms with Gasteiger partial charge in [-0.15, -0.1) is 11.3 Å². The first-order valence-electron chi connectivity index (χ1n) is 5.56. The average Bonchev–Trinajstić information content (AvgIpc) is 2.59. The molecule has 1 aromatic heterocycles. The lowest BCUT2D eigenvalue weighted by molar-refractivity contribution is -0.0419. The zero-order chi connectivity index (χ0) is 11.1. The van der Waals surface area contributed by atoms with Crippen LogP contribution in [0.2, 0.25) is 0 Å². The minimum Gasteiger partial charge on any atom is -0.389 e. The van der Waals surface area contributed by atoms with E-state index in [4.69, 9.17) is 0 Å². The Hall–Kier alpha value is -0.410. The molecule has 1 atom stereocenters. The van der Waals surface area contributed by atoms with Gasteiger partial charge in [0.2, 0.25) is 0 Å². The molecule has 84 valence electrons. The summed E-state index contributed by atoms with van der Waals surface area (Å²) in [5.41, 5.74) is 0.554. The molecular weight excluding hydrogens is 206 g/mol. The van der Waals surface area contributed by atoms with Crippen molar-refractivity contribution in [3.63, 3.8) is 0 Å². The van der Waals surface area contributed by atoms with E-state index in [2.05, 4.69) is 24.2 Å². The van der Waals surface area contributed by atoms with Gasteiger partial charge in [0.25, 0.3) is 0 Å². The molecule has 2 rings (SSSR count). The van der Waals surface area contributed by atoms with E-state index in [1.807, 2.05) is 6.92 Å². The number of aromatic nitrogens is 1. The van der Waals surface area contributed by atoms with Crippen molar-refractivity contribution in [2.75, 3.05) is 0 Å². The maximum Gasteiger partial charge on any atom is 0.0957 e. The largest absolute Gasteiger partial charge is 0.389 e. The molecule has 1 unspecified atom stereocenters. The first-order valence-corrected chi connectivity index (χ1v) is 6.44. The number of aliphatic hydroxyl groups is 1. The standard InChI is InChI=1S/C12H19NOS/c1-9-8-15-10(13-9)7-12(14)6-4-5-11(12,2)3/h8,14H,4-7H2,1-3H3. The molecule has 2 nitrogen and oxygen atoms in total. The summed E-state index contributed by atoms with van der Waals surface area (Å²) in [6.07, 6.45) is 3.89. The Morgan fingerprint density at radius 2 is 2.20 bits per heavy atom. The fraction of sp³-hybridized carbons (Fsp3) is 0.750. The van der Waals surface area contributed by atoms with Crippen LogP contribution in [0.25, 0.3) is 0 Å². The van der Waals surface area contributed by atoms with E-state index in [1.54, 1.807) is 11.3 Å². The third kappa shape index (κ3) is 1.95. The number of hydrogen-bond donors (Lipinski definition) is 1. The van der Waals surface area contributed by atoms with Crippen LogP contribution in [0.1, 0.15) is 43.8 Å². The van der Waals surface area contributed by atoms with Gasteiger partial charge in [-0.25, -0.2) is 4.98 Å². The van der Waals surface area contributed by atoms with Crippen molar-refractivity contribution in [1.82, 2.24) is 4.98 Å². The molecule has 0 amide bonds. The van der Waals surface area contributed by atoms with Gasteiger partial charge in [0.1, 0.15) is 0 Å². The van der Waals surface area contributed by atoms with Gasteiger partial charge in [-0.3, -0.25) is 0 Å². The molecule has 1 saturated carbocycles.